The van der Waals surface area contributed by atoms with Crippen molar-refractivity contribution in [3.05, 3.63) is 70.9 Å². The lowest BCUT2D eigenvalue weighted by atomic mass is 9.92. The molecule has 0 saturated heterocycles. The van der Waals surface area contributed by atoms with Gasteiger partial charge in [0, 0.05) is 35.6 Å². The Bertz CT molecular complexity index is 1110. The summed E-state index contributed by atoms with van der Waals surface area (Å²) in [6, 6.07) is 16.4. The van der Waals surface area contributed by atoms with E-state index in [4.69, 9.17) is 0 Å². The summed E-state index contributed by atoms with van der Waals surface area (Å²) in [6.45, 7) is 0. The molecule has 4 rings (SSSR count). The number of aromatic nitrogens is 1. The highest BCUT2D eigenvalue weighted by atomic mass is 16.4. The van der Waals surface area contributed by atoms with Crippen LogP contribution in [-0.2, 0) is 31.1 Å². The number of benzene rings is 2. The first-order valence-corrected chi connectivity index (χ1v) is 12.4. The molecular weight excluding hydrogens is 410 g/mol. The first-order chi connectivity index (χ1) is 16.0. The van der Waals surface area contributed by atoms with Crippen molar-refractivity contribution in [1.29, 1.82) is 0 Å². The van der Waals surface area contributed by atoms with Gasteiger partial charge in [0.2, 0.25) is 0 Å². The number of carboxylic acid groups (broad SMARTS) is 1. The second-order valence-electron chi connectivity index (χ2n) is 9.52. The number of aliphatic carboxylic acids is 1. The molecule has 0 radical (unpaired) electrons. The Balaban J connectivity index is 1.31. The maximum atomic E-state index is 13.0. The van der Waals surface area contributed by atoms with Gasteiger partial charge in [-0.2, -0.15) is 0 Å². The minimum Gasteiger partial charge on any atom is -0.481 e. The third kappa shape index (κ3) is 5.55. The average Bonchev–Trinajstić information content (AvgIpc) is 3.12. The fraction of sp³-hybridized carbons (Fsp3) is 0.448. The van der Waals surface area contributed by atoms with Crippen molar-refractivity contribution >= 4 is 22.7 Å². The molecule has 4 nitrogen and oxygen atoms in total. The van der Waals surface area contributed by atoms with E-state index in [1.54, 1.807) is 0 Å². The molecule has 1 heterocycles. The largest absolute Gasteiger partial charge is 0.481 e. The van der Waals surface area contributed by atoms with Gasteiger partial charge in [0.1, 0.15) is 0 Å². The molecule has 0 saturated carbocycles. The zero-order valence-corrected chi connectivity index (χ0v) is 19.7. The van der Waals surface area contributed by atoms with E-state index in [1.165, 1.54) is 35.0 Å². The lowest BCUT2D eigenvalue weighted by Crippen LogP contribution is -2.18. The van der Waals surface area contributed by atoms with Crippen LogP contribution in [0.25, 0.3) is 10.9 Å². The van der Waals surface area contributed by atoms with Crippen molar-refractivity contribution in [2.45, 2.75) is 70.6 Å². The van der Waals surface area contributed by atoms with E-state index in [9.17, 15) is 14.7 Å². The molecule has 0 fully saturated rings. The molecule has 174 valence electrons. The van der Waals surface area contributed by atoms with Gasteiger partial charge in [0.25, 0.3) is 0 Å². The predicted octanol–water partition coefficient (Wildman–Crippen LogP) is 6.52. The fourth-order valence-electron chi connectivity index (χ4n) is 5.31. The number of aryl methyl sites for hydroxylation is 3. The van der Waals surface area contributed by atoms with Crippen LogP contribution in [0.1, 0.15) is 78.5 Å². The molecular formula is C29H35NO3. The number of carboxylic acids is 1. The Kier molecular flexibility index (Phi) is 7.64. The summed E-state index contributed by atoms with van der Waals surface area (Å²) in [5, 5.41) is 10.9. The first-order valence-electron chi connectivity index (χ1n) is 12.4. The Hall–Kier alpha value is -2.88. The molecule has 1 atom stereocenters. The Labute approximate surface area is 196 Å². The van der Waals surface area contributed by atoms with E-state index in [-0.39, 0.29) is 12.2 Å². The quantitative estimate of drug-likeness (QED) is 0.270. The van der Waals surface area contributed by atoms with Crippen LogP contribution >= 0.6 is 0 Å². The summed E-state index contributed by atoms with van der Waals surface area (Å²) in [6.07, 6.45) is 10.4. The molecule has 2 aromatic carbocycles. The number of hydrogen-bond acceptors (Lipinski definition) is 2. The van der Waals surface area contributed by atoms with Gasteiger partial charge in [-0.1, -0.05) is 61.7 Å². The maximum absolute atomic E-state index is 13.0. The van der Waals surface area contributed by atoms with Gasteiger partial charge in [-0.25, -0.2) is 0 Å². The van der Waals surface area contributed by atoms with Crippen LogP contribution in [0.3, 0.4) is 0 Å². The highest BCUT2D eigenvalue weighted by Crippen LogP contribution is 2.32. The lowest BCUT2D eigenvalue weighted by Gasteiger charge is -2.12. The molecule has 1 aromatic heterocycles. The van der Waals surface area contributed by atoms with Crippen LogP contribution < -0.4 is 0 Å². The monoisotopic (exact) mass is 445 g/mol. The number of ketones is 1. The molecule has 0 amide bonds. The van der Waals surface area contributed by atoms with Crippen molar-refractivity contribution in [3.63, 3.8) is 0 Å². The number of Topliss-reactive ketones (excluding diaryl/α,β-unsaturated/α-hetero) is 1. The molecule has 0 unspecified atom stereocenters. The van der Waals surface area contributed by atoms with Gasteiger partial charge in [-0.15, -0.1) is 0 Å². The minimum atomic E-state index is -0.858. The average molecular weight is 446 g/mol. The standard InChI is InChI=1S/C29H35NO3/c1-30-26-16-10-9-15-24(26)25-18-17-22(19-27(25)30)28(31)20-23(29(32)33)14-8-3-2-5-11-21-12-6-4-7-13-21/h4,6-7,12-13,17-19,23H,2-3,5,8-11,14-16,20H2,1H3,(H,32,33)/t23-/m0/s1. The topological polar surface area (TPSA) is 59.3 Å². The molecule has 0 bridgehead atoms. The molecule has 3 aromatic rings. The number of unbranched alkanes of at least 4 members (excludes halogenated alkanes) is 3. The van der Waals surface area contributed by atoms with E-state index in [0.717, 1.165) is 50.5 Å². The molecule has 4 heteroatoms. The Morgan fingerprint density at radius 1 is 0.970 bits per heavy atom. The minimum absolute atomic E-state index is 0.0625. The molecule has 0 aliphatic heterocycles. The zero-order chi connectivity index (χ0) is 23.2. The van der Waals surface area contributed by atoms with E-state index < -0.39 is 11.9 Å². The van der Waals surface area contributed by atoms with Gasteiger partial charge in [-0.05, 0) is 62.1 Å². The molecule has 1 N–H and O–H groups in total. The summed E-state index contributed by atoms with van der Waals surface area (Å²) < 4.78 is 2.23. The summed E-state index contributed by atoms with van der Waals surface area (Å²) in [7, 11) is 2.08. The third-order valence-corrected chi connectivity index (χ3v) is 7.24. The number of carbonyl (C=O) groups is 2. The third-order valence-electron chi connectivity index (χ3n) is 7.24. The Morgan fingerprint density at radius 3 is 2.52 bits per heavy atom. The second kappa shape index (κ2) is 10.8. The number of rotatable bonds is 11. The molecule has 1 aliphatic rings. The zero-order valence-electron chi connectivity index (χ0n) is 19.7. The molecule has 0 spiro atoms. The maximum Gasteiger partial charge on any atom is 0.306 e. The second-order valence-corrected chi connectivity index (χ2v) is 9.52. The van der Waals surface area contributed by atoms with Gasteiger partial charge in [0.05, 0.1) is 5.92 Å². The van der Waals surface area contributed by atoms with E-state index >= 15 is 0 Å². The number of fused-ring (bicyclic) bond motifs is 3. The lowest BCUT2D eigenvalue weighted by molar-refractivity contribution is -0.141. The van der Waals surface area contributed by atoms with Gasteiger partial charge < -0.3 is 9.67 Å². The smallest absolute Gasteiger partial charge is 0.306 e. The highest BCUT2D eigenvalue weighted by Gasteiger charge is 2.23. The number of carbonyl (C=O) groups excluding carboxylic acids is 1. The summed E-state index contributed by atoms with van der Waals surface area (Å²) in [4.78, 5) is 24.8. The Morgan fingerprint density at radius 2 is 1.73 bits per heavy atom. The van der Waals surface area contributed by atoms with Crippen LogP contribution in [0.15, 0.2) is 48.5 Å². The molecule has 1 aliphatic carbocycles. The van der Waals surface area contributed by atoms with Crippen LogP contribution in [0.2, 0.25) is 0 Å². The van der Waals surface area contributed by atoms with Gasteiger partial charge in [-0.3, -0.25) is 9.59 Å². The van der Waals surface area contributed by atoms with E-state index in [2.05, 4.69) is 41.9 Å². The van der Waals surface area contributed by atoms with E-state index in [0.29, 0.717) is 12.0 Å². The van der Waals surface area contributed by atoms with Crippen molar-refractivity contribution < 1.29 is 14.7 Å². The van der Waals surface area contributed by atoms with E-state index in [1.807, 2.05) is 18.2 Å². The fourth-order valence-corrected chi connectivity index (χ4v) is 5.31. The predicted molar refractivity (Wildman–Crippen MR) is 133 cm³/mol. The van der Waals surface area contributed by atoms with Crippen LogP contribution in [0.4, 0.5) is 0 Å². The van der Waals surface area contributed by atoms with Crippen molar-refractivity contribution in [2.75, 3.05) is 0 Å². The van der Waals surface area contributed by atoms with Gasteiger partial charge >= 0.3 is 5.97 Å². The molecule has 33 heavy (non-hydrogen) atoms. The van der Waals surface area contributed by atoms with Crippen LogP contribution in [0, 0.1) is 5.92 Å². The summed E-state index contributed by atoms with van der Waals surface area (Å²) in [5.74, 6) is -1.53. The summed E-state index contributed by atoms with van der Waals surface area (Å²) in [5.41, 5.74) is 5.89. The van der Waals surface area contributed by atoms with Gasteiger partial charge in [0.15, 0.2) is 5.78 Å². The highest BCUT2D eigenvalue weighted by molar-refractivity contribution is 6.01. The van der Waals surface area contributed by atoms with Crippen LogP contribution in [0.5, 0.6) is 0 Å². The van der Waals surface area contributed by atoms with Crippen molar-refractivity contribution in [3.8, 4) is 0 Å². The first kappa shape index (κ1) is 23.3. The number of hydrogen-bond donors (Lipinski definition) is 1. The SMILES string of the molecule is Cn1c2c(c3ccc(C(=O)C[C@H](CCCCCCc4ccccc4)C(=O)O)cc31)CCCC2. The van der Waals surface area contributed by atoms with Crippen LogP contribution in [-0.4, -0.2) is 21.4 Å². The summed E-state index contributed by atoms with van der Waals surface area (Å²) >= 11 is 0. The van der Waals surface area contributed by atoms with Crippen molar-refractivity contribution in [2.24, 2.45) is 13.0 Å². The number of nitrogens with zero attached hydrogens (tertiary/aromatic N) is 1. The van der Waals surface area contributed by atoms with Crippen molar-refractivity contribution in [1.82, 2.24) is 4.57 Å². The normalized spacial score (nSPS) is 14.2.